The summed E-state index contributed by atoms with van der Waals surface area (Å²) in [6.07, 6.45) is 3.74. The summed E-state index contributed by atoms with van der Waals surface area (Å²) >= 11 is 2.12. The molecule has 2 atom stereocenters. The number of aromatic nitrogens is 2. The summed E-state index contributed by atoms with van der Waals surface area (Å²) in [5.41, 5.74) is 2.44. The molecule has 2 rings (SSSR count). The Morgan fingerprint density at radius 1 is 1.65 bits per heavy atom. The van der Waals surface area contributed by atoms with E-state index >= 15 is 0 Å². The van der Waals surface area contributed by atoms with Gasteiger partial charge in [-0.15, -0.1) is 0 Å². The molecule has 1 saturated heterocycles. The number of likely N-dealkylation sites (N-methyl/N-ethyl adjacent to an activating group) is 1. The van der Waals surface area contributed by atoms with E-state index in [1.807, 2.05) is 11.7 Å². The standard InChI is InChI=1S/C13H23N3S/c1-10-8-11(16(4)15-10)9-12(14-3)13(2)6-5-7-17-13/h8,12,14H,5-7,9H2,1-4H3. The van der Waals surface area contributed by atoms with Crippen LogP contribution in [0.15, 0.2) is 6.07 Å². The number of hydrogen-bond acceptors (Lipinski definition) is 3. The zero-order valence-electron chi connectivity index (χ0n) is 11.3. The van der Waals surface area contributed by atoms with Crippen molar-refractivity contribution in [2.75, 3.05) is 12.8 Å². The number of rotatable bonds is 4. The second-order valence-electron chi connectivity index (χ2n) is 5.21. The molecule has 1 aliphatic rings. The highest BCUT2D eigenvalue weighted by Gasteiger charge is 2.37. The number of hydrogen-bond donors (Lipinski definition) is 1. The monoisotopic (exact) mass is 253 g/mol. The minimum Gasteiger partial charge on any atom is -0.315 e. The Morgan fingerprint density at radius 2 is 2.41 bits per heavy atom. The first-order valence-electron chi connectivity index (χ1n) is 6.36. The van der Waals surface area contributed by atoms with Crippen molar-refractivity contribution in [3.63, 3.8) is 0 Å². The maximum absolute atomic E-state index is 4.43. The molecule has 0 spiro atoms. The number of nitrogens with one attached hydrogen (secondary N) is 1. The van der Waals surface area contributed by atoms with Crippen LogP contribution in [0.4, 0.5) is 0 Å². The van der Waals surface area contributed by atoms with Gasteiger partial charge in [-0.25, -0.2) is 0 Å². The third-order valence-corrected chi connectivity index (χ3v) is 5.49. The van der Waals surface area contributed by atoms with Crippen LogP contribution in [0.5, 0.6) is 0 Å². The zero-order chi connectivity index (χ0) is 12.5. The first-order valence-corrected chi connectivity index (χ1v) is 7.34. The average molecular weight is 253 g/mol. The van der Waals surface area contributed by atoms with Gasteiger partial charge in [-0.2, -0.15) is 16.9 Å². The van der Waals surface area contributed by atoms with Gasteiger partial charge in [0.1, 0.15) is 0 Å². The van der Waals surface area contributed by atoms with Crippen LogP contribution in [0.2, 0.25) is 0 Å². The Hall–Kier alpha value is -0.480. The lowest BCUT2D eigenvalue weighted by Gasteiger charge is -2.33. The van der Waals surface area contributed by atoms with Gasteiger partial charge in [-0.1, -0.05) is 0 Å². The molecule has 0 radical (unpaired) electrons. The van der Waals surface area contributed by atoms with E-state index in [1.54, 1.807) is 0 Å². The topological polar surface area (TPSA) is 29.9 Å². The molecule has 0 bridgehead atoms. The van der Waals surface area contributed by atoms with Crippen molar-refractivity contribution in [3.8, 4) is 0 Å². The van der Waals surface area contributed by atoms with Gasteiger partial charge in [0.2, 0.25) is 0 Å². The van der Waals surface area contributed by atoms with Crippen molar-refractivity contribution in [1.29, 1.82) is 0 Å². The van der Waals surface area contributed by atoms with E-state index < -0.39 is 0 Å². The minimum atomic E-state index is 0.382. The maximum atomic E-state index is 4.43. The quantitative estimate of drug-likeness (QED) is 0.891. The molecule has 96 valence electrons. The molecule has 4 heteroatoms. The molecule has 1 N–H and O–H groups in total. The minimum absolute atomic E-state index is 0.382. The molecule has 2 unspecified atom stereocenters. The van der Waals surface area contributed by atoms with Gasteiger partial charge >= 0.3 is 0 Å². The van der Waals surface area contributed by atoms with Crippen LogP contribution in [0, 0.1) is 6.92 Å². The van der Waals surface area contributed by atoms with Crippen molar-refractivity contribution < 1.29 is 0 Å². The first kappa shape index (κ1) is 13.0. The van der Waals surface area contributed by atoms with Crippen LogP contribution in [-0.4, -0.2) is 33.4 Å². The molecule has 1 aromatic rings. The normalized spacial score (nSPS) is 26.4. The summed E-state index contributed by atoms with van der Waals surface area (Å²) < 4.78 is 2.40. The van der Waals surface area contributed by atoms with Crippen molar-refractivity contribution in [3.05, 3.63) is 17.5 Å². The largest absolute Gasteiger partial charge is 0.315 e. The molecular formula is C13H23N3S. The predicted molar refractivity (Wildman–Crippen MR) is 74.6 cm³/mol. The Labute approximate surface area is 108 Å². The van der Waals surface area contributed by atoms with Gasteiger partial charge in [0.25, 0.3) is 0 Å². The highest BCUT2D eigenvalue weighted by atomic mass is 32.2. The molecule has 0 amide bonds. The van der Waals surface area contributed by atoms with E-state index in [9.17, 15) is 0 Å². The molecule has 1 aliphatic heterocycles. The fraction of sp³-hybridized carbons (Fsp3) is 0.769. The van der Waals surface area contributed by atoms with E-state index in [1.165, 1.54) is 24.3 Å². The number of nitrogens with zero attached hydrogens (tertiary/aromatic N) is 2. The fourth-order valence-electron chi connectivity index (χ4n) is 2.76. The predicted octanol–water partition coefficient (Wildman–Crippen LogP) is 2.14. The fourth-order valence-corrected chi connectivity index (χ4v) is 4.21. The summed E-state index contributed by atoms with van der Waals surface area (Å²) in [7, 11) is 4.12. The zero-order valence-corrected chi connectivity index (χ0v) is 12.1. The van der Waals surface area contributed by atoms with Crippen molar-refractivity contribution in [1.82, 2.24) is 15.1 Å². The Morgan fingerprint density at radius 3 is 2.88 bits per heavy atom. The van der Waals surface area contributed by atoms with Crippen LogP contribution < -0.4 is 5.32 Å². The molecular weight excluding hydrogens is 230 g/mol. The molecule has 1 aromatic heterocycles. The lowest BCUT2D eigenvalue weighted by Crippen LogP contribution is -2.45. The summed E-state index contributed by atoms with van der Waals surface area (Å²) in [5.74, 6) is 1.30. The third kappa shape index (κ3) is 2.68. The summed E-state index contributed by atoms with van der Waals surface area (Å²) in [6.45, 7) is 4.46. The first-order chi connectivity index (χ1) is 8.05. The second-order valence-corrected chi connectivity index (χ2v) is 6.84. The molecule has 3 nitrogen and oxygen atoms in total. The SMILES string of the molecule is CNC(Cc1cc(C)nn1C)C1(C)CCCS1. The number of aryl methyl sites for hydroxylation is 2. The lowest BCUT2D eigenvalue weighted by molar-refractivity contribution is 0.416. The average Bonchev–Trinajstić information content (AvgIpc) is 2.83. The summed E-state index contributed by atoms with van der Waals surface area (Å²) in [6, 6.07) is 2.73. The lowest BCUT2D eigenvalue weighted by atomic mass is 9.92. The van der Waals surface area contributed by atoms with Crippen molar-refractivity contribution >= 4 is 11.8 Å². The maximum Gasteiger partial charge on any atom is 0.0596 e. The molecule has 0 aliphatic carbocycles. The molecule has 0 saturated carbocycles. The van der Waals surface area contributed by atoms with E-state index in [2.05, 4.69) is 49.1 Å². The van der Waals surface area contributed by atoms with Crippen LogP contribution in [0.25, 0.3) is 0 Å². The van der Waals surface area contributed by atoms with Crippen LogP contribution in [-0.2, 0) is 13.5 Å². The van der Waals surface area contributed by atoms with Crippen molar-refractivity contribution in [2.24, 2.45) is 7.05 Å². The van der Waals surface area contributed by atoms with E-state index in [4.69, 9.17) is 0 Å². The smallest absolute Gasteiger partial charge is 0.0596 e. The Kier molecular flexibility index (Phi) is 3.83. The van der Waals surface area contributed by atoms with Gasteiger partial charge < -0.3 is 5.32 Å². The van der Waals surface area contributed by atoms with Gasteiger partial charge in [0.05, 0.1) is 5.69 Å². The van der Waals surface area contributed by atoms with Gasteiger partial charge in [0.15, 0.2) is 0 Å². The van der Waals surface area contributed by atoms with Crippen LogP contribution in [0.1, 0.15) is 31.2 Å². The van der Waals surface area contributed by atoms with E-state index in [-0.39, 0.29) is 0 Å². The van der Waals surface area contributed by atoms with Crippen LogP contribution >= 0.6 is 11.8 Å². The van der Waals surface area contributed by atoms with E-state index in [0.717, 1.165) is 12.1 Å². The summed E-state index contributed by atoms with van der Waals surface area (Å²) in [5, 5.41) is 7.94. The Balaban J connectivity index is 2.12. The van der Waals surface area contributed by atoms with Gasteiger partial charge in [-0.3, -0.25) is 4.68 Å². The van der Waals surface area contributed by atoms with E-state index in [0.29, 0.717) is 10.8 Å². The third-order valence-electron chi connectivity index (χ3n) is 3.85. The molecule has 1 fully saturated rings. The second kappa shape index (κ2) is 5.02. The van der Waals surface area contributed by atoms with Gasteiger partial charge in [0, 0.05) is 30.0 Å². The molecule has 2 heterocycles. The number of thioether (sulfide) groups is 1. The van der Waals surface area contributed by atoms with Crippen LogP contribution in [0.3, 0.4) is 0 Å². The molecule has 17 heavy (non-hydrogen) atoms. The highest BCUT2D eigenvalue weighted by molar-refractivity contribution is 8.00. The highest BCUT2D eigenvalue weighted by Crippen LogP contribution is 2.41. The summed E-state index contributed by atoms with van der Waals surface area (Å²) in [4.78, 5) is 0. The molecule has 0 aromatic carbocycles. The van der Waals surface area contributed by atoms with Crippen molar-refractivity contribution in [2.45, 2.75) is 43.9 Å². The van der Waals surface area contributed by atoms with Gasteiger partial charge in [-0.05, 0) is 45.6 Å². The Bertz CT molecular complexity index is 380.